The second kappa shape index (κ2) is 7.71. The van der Waals surface area contributed by atoms with Crippen LogP contribution in [0.25, 0.3) is 0 Å². The molecule has 24 heavy (non-hydrogen) atoms. The van der Waals surface area contributed by atoms with Crippen LogP contribution in [0.2, 0.25) is 0 Å². The molecule has 5 heteroatoms. The highest BCUT2D eigenvalue weighted by Crippen LogP contribution is 2.35. The number of hydrogen-bond acceptors (Lipinski definition) is 4. The van der Waals surface area contributed by atoms with Gasteiger partial charge in [-0.1, -0.05) is 12.8 Å². The Kier molecular flexibility index (Phi) is 5.40. The number of rotatable bonds is 4. The van der Waals surface area contributed by atoms with Gasteiger partial charge in [0.2, 0.25) is 5.91 Å². The maximum absolute atomic E-state index is 12.9. The van der Waals surface area contributed by atoms with Crippen molar-refractivity contribution in [2.24, 2.45) is 11.8 Å². The molecule has 1 amide bonds. The molecule has 4 aliphatic rings. The highest BCUT2D eigenvalue weighted by Gasteiger charge is 2.46. The van der Waals surface area contributed by atoms with E-state index in [0.29, 0.717) is 18.4 Å². The van der Waals surface area contributed by atoms with Crippen LogP contribution in [0.3, 0.4) is 0 Å². The number of carbonyl (C=O) groups is 1. The number of hydrogen-bond donors (Lipinski definition) is 0. The van der Waals surface area contributed by atoms with Gasteiger partial charge in [-0.25, -0.2) is 0 Å². The van der Waals surface area contributed by atoms with E-state index in [0.717, 1.165) is 64.9 Å². The molecular formula is C19H31NO4. The van der Waals surface area contributed by atoms with Crippen LogP contribution in [-0.2, 0) is 19.0 Å². The molecular weight excluding hydrogens is 306 g/mol. The Balaban J connectivity index is 1.32. The van der Waals surface area contributed by atoms with Crippen molar-refractivity contribution >= 4 is 5.91 Å². The summed E-state index contributed by atoms with van der Waals surface area (Å²) in [5, 5.41) is 0. The summed E-state index contributed by atoms with van der Waals surface area (Å²) in [5.74, 6) is 1.28. The number of morpholine rings is 1. The van der Waals surface area contributed by atoms with Crippen LogP contribution in [-0.4, -0.2) is 62.0 Å². The van der Waals surface area contributed by atoms with Crippen molar-refractivity contribution in [3.05, 3.63) is 0 Å². The fourth-order valence-electron chi connectivity index (χ4n) is 4.95. The van der Waals surface area contributed by atoms with Gasteiger partial charge in [0.25, 0.3) is 0 Å². The first-order chi connectivity index (χ1) is 11.8. The SMILES string of the molecule is O=C(C1CCCC1)N1CCO[C@H]2[C@H](OCC3CCOCC3)CC[C@@H]21. The Morgan fingerprint density at radius 3 is 2.58 bits per heavy atom. The van der Waals surface area contributed by atoms with Gasteiger partial charge in [-0.05, 0) is 44.4 Å². The minimum absolute atomic E-state index is 0.0870. The molecule has 2 aliphatic carbocycles. The Hall–Kier alpha value is -0.650. The summed E-state index contributed by atoms with van der Waals surface area (Å²) in [6, 6.07) is 0.242. The summed E-state index contributed by atoms with van der Waals surface area (Å²) in [5.41, 5.74) is 0. The van der Waals surface area contributed by atoms with E-state index in [9.17, 15) is 4.79 Å². The molecule has 0 aromatic heterocycles. The van der Waals surface area contributed by atoms with E-state index in [2.05, 4.69) is 4.90 Å². The number of fused-ring (bicyclic) bond motifs is 1. The third kappa shape index (κ3) is 3.49. The van der Waals surface area contributed by atoms with Crippen LogP contribution in [0.1, 0.15) is 51.4 Å². The van der Waals surface area contributed by atoms with E-state index in [1.165, 1.54) is 12.8 Å². The summed E-state index contributed by atoms with van der Waals surface area (Å²) in [4.78, 5) is 15.0. The minimum atomic E-state index is 0.0870. The molecule has 2 heterocycles. The molecule has 2 saturated carbocycles. The maximum atomic E-state index is 12.9. The summed E-state index contributed by atoms with van der Waals surface area (Å²) in [7, 11) is 0. The predicted octanol–water partition coefficient (Wildman–Crippen LogP) is 2.38. The number of ether oxygens (including phenoxy) is 3. The van der Waals surface area contributed by atoms with Gasteiger partial charge < -0.3 is 19.1 Å². The molecule has 0 unspecified atom stereocenters. The first kappa shape index (κ1) is 16.8. The number of nitrogens with zero attached hydrogens (tertiary/aromatic N) is 1. The Morgan fingerprint density at radius 2 is 1.79 bits per heavy atom. The van der Waals surface area contributed by atoms with Gasteiger partial charge in [-0.2, -0.15) is 0 Å². The molecule has 4 fully saturated rings. The van der Waals surface area contributed by atoms with Crippen LogP contribution in [0.5, 0.6) is 0 Å². The average molecular weight is 337 g/mol. The fraction of sp³-hybridized carbons (Fsp3) is 0.947. The van der Waals surface area contributed by atoms with E-state index in [4.69, 9.17) is 14.2 Å². The highest BCUT2D eigenvalue weighted by molar-refractivity contribution is 5.79. The van der Waals surface area contributed by atoms with Crippen LogP contribution in [0, 0.1) is 11.8 Å². The van der Waals surface area contributed by atoms with E-state index < -0.39 is 0 Å². The van der Waals surface area contributed by atoms with Gasteiger partial charge in [-0.3, -0.25) is 4.79 Å². The van der Waals surface area contributed by atoms with Crippen LogP contribution in [0.15, 0.2) is 0 Å². The molecule has 0 spiro atoms. The lowest BCUT2D eigenvalue weighted by Gasteiger charge is -2.40. The van der Waals surface area contributed by atoms with Crippen LogP contribution >= 0.6 is 0 Å². The summed E-state index contributed by atoms with van der Waals surface area (Å²) >= 11 is 0. The average Bonchev–Trinajstić information content (AvgIpc) is 3.30. The maximum Gasteiger partial charge on any atom is 0.226 e. The van der Waals surface area contributed by atoms with E-state index in [-0.39, 0.29) is 24.2 Å². The largest absolute Gasteiger partial charge is 0.381 e. The Bertz CT molecular complexity index is 431. The lowest BCUT2D eigenvalue weighted by Crippen LogP contribution is -2.55. The zero-order valence-corrected chi connectivity index (χ0v) is 14.7. The summed E-state index contributed by atoms with van der Waals surface area (Å²) in [6.45, 7) is 3.98. The lowest BCUT2D eigenvalue weighted by molar-refractivity contribution is -0.156. The number of carbonyl (C=O) groups excluding carboxylic acids is 1. The first-order valence-corrected chi connectivity index (χ1v) is 9.94. The Labute approximate surface area is 145 Å². The van der Waals surface area contributed by atoms with Crippen molar-refractivity contribution in [3.63, 3.8) is 0 Å². The second-order valence-corrected chi connectivity index (χ2v) is 7.92. The molecule has 0 N–H and O–H groups in total. The third-order valence-electron chi connectivity index (χ3n) is 6.41. The molecule has 136 valence electrons. The fourth-order valence-corrected chi connectivity index (χ4v) is 4.95. The van der Waals surface area contributed by atoms with Gasteiger partial charge >= 0.3 is 0 Å². The quantitative estimate of drug-likeness (QED) is 0.790. The molecule has 4 rings (SSSR count). The van der Waals surface area contributed by atoms with Gasteiger partial charge in [-0.15, -0.1) is 0 Å². The molecule has 5 nitrogen and oxygen atoms in total. The first-order valence-electron chi connectivity index (χ1n) is 9.94. The highest BCUT2D eigenvalue weighted by atomic mass is 16.5. The van der Waals surface area contributed by atoms with Crippen LogP contribution < -0.4 is 0 Å². The third-order valence-corrected chi connectivity index (χ3v) is 6.41. The standard InChI is InChI=1S/C19H31NO4/c21-19(15-3-1-2-4-15)20-9-12-23-18-16(20)5-6-17(18)24-13-14-7-10-22-11-8-14/h14-18H,1-13H2/t16-,17+,18+/m0/s1. The van der Waals surface area contributed by atoms with Crippen molar-refractivity contribution in [2.45, 2.75) is 69.6 Å². The molecule has 0 bridgehead atoms. The van der Waals surface area contributed by atoms with Crippen molar-refractivity contribution < 1.29 is 19.0 Å². The van der Waals surface area contributed by atoms with Gasteiger partial charge in [0.15, 0.2) is 0 Å². The smallest absolute Gasteiger partial charge is 0.226 e. The second-order valence-electron chi connectivity index (χ2n) is 7.92. The topological polar surface area (TPSA) is 48.0 Å². The predicted molar refractivity (Wildman–Crippen MR) is 89.7 cm³/mol. The normalized spacial score (nSPS) is 35.3. The molecule has 2 aliphatic heterocycles. The van der Waals surface area contributed by atoms with E-state index in [1.807, 2.05) is 0 Å². The van der Waals surface area contributed by atoms with E-state index in [1.54, 1.807) is 0 Å². The van der Waals surface area contributed by atoms with Crippen molar-refractivity contribution in [1.82, 2.24) is 4.90 Å². The zero-order valence-electron chi connectivity index (χ0n) is 14.7. The minimum Gasteiger partial charge on any atom is -0.381 e. The monoisotopic (exact) mass is 337 g/mol. The van der Waals surface area contributed by atoms with Gasteiger partial charge in [0.05, 0.1) is 25.4 Å². The van der Waals surface area contributed by atoms with Crippen molar-refractivity contribution in [1.29, 1.82) is 0 Å². The lowest BCUT2D eigenvalue weighted by atomic mass is 10.0. The molecule has 0 radical (unpaired) electrons. The van der Waals surface area contributed by atoms with Crippen molar-refractivity contribution in [2.75, 3.05) is 33.0 Å². The van der Waals surface area contributed by atoms with E-state index >= 15 is 0 Å². The molecule has 2 saturated heterocycles. The van der Waals surface area contributed by atoms with Crippen LogP contribution in [0.4, 0.5) is 0 Å². The van der Waals surface area contributed by atoms with Gasteiger partial charge in [0.1, 0.15) is 6.10 Å². The molecule has 0 aromatic rings. The zero-order chi connectivity index (χ0) is 16.4. The number of amides is 1. The Morgan fingerprint density at radius 1 is 1.00 bits per heavy atom. The van der Waals surface area contributed by atoms with Gasteiger partial charge in [0, 0.05) is 25.7 Å². The summed E-state index contributed by atoms with van der Waals surface area (Å²) in [6.07, 6.45) is 9.10. The molecule has 3 atom stereocenters. The summed E-state index contributed by atoms with van der Waals surface area (Å²) < 4.78 is 17.7. The molecule has 0 aromatic carbocycles. The van der Waals surface area contributed by atoms with Crippen molar-refractivity contribution in [3.8, 4) is 0 Å².